The van der Waals surface area contributed by atoms with Crippen molar-refractivity contribution in [3.8, 4) is 0 Å². The van der Waals surface area contributed by atoms with E-state index in [9.17, 15) is 24.9 Å². The van der Waals surface area contributed by atoms with Gasteiger partial charge in [-0.25, -0.2) is 0 Å². The Labute approximate surface area is 146 Å². The summed E-state index contributed by atoms with van der Waals surface area (Å²) in [6.45, 7) is -1.30. The summed E-state index contributed by atoms with van der Waals surface area (Å²) in [6.07, 6.45) is -1.68. The number of hydrogen-bond donors (Lipinski definition) is 6. The van der Waals surface area contributed by atoms with Crippen LogP contribution in [-0.2, 0) is 14.3 Å². The molecule has 9 nitrogen and oxygen atoms in total. The molecule has 0 aliphatic rings. The summed E-state index contributed by atoms with van der Waals surface area (Å²) < 4.78 is 4.79. The molecule has 0 bridgehead atoms. The van der Waals surface area contributed by atoms with Gasteiger partial charge in [0, 0.05) is 12.8 Å². The molecule has 0 amide bonds. The predicted octanol–water partition coefficient (Wildman–Crippen LogP) is -0.829. The lowest BCUT2D eigenvalue weighted by atomic mass is 10.0. The molecule has 0 saturated heterocycles. The minimum absolute atomic E-state index is 0.153. The first-order valence-corrected chi connectivity index (χ1v) is 8.50. The van der Waals surface area contributed by atoms with Crippen LogP contribution in [0.5, 0.6) is 0 Å². The van der Waals surface area contributed by atoms with Crippen molar-refractivity contribution in [1.29, 1.82) is 0 Å². The molecule has 0 aromatic heterocycles. The van der Waals surface area contributed by atoms with Gasteiger partial charge in [-0.3, -0.25) is 9.59 Å². The number of rotatable bonds is 15. The van der Waals surface area contributed by atoms with Gasteiger partial charge in [-0.05, 0) is 12.8 Å². The number of aliphatic hydroxyl groups excluding tert-OH is 5. The van der Waals surface area contributed by atoms with Crippen LogP contribution in [0.1, 0.15) is 51.4 Å². The van der Waals surface area contributed by atoms with Gasteiger partial charge in [-0.1, -0.05) is 25.7 Å². The predicted molar refractivity (Wildman–Crippen MR) is 86.6 cm³/mol. The highest BCUT2D eigenvalue weighted by Gasteiger charge is 2.30. The molecule has 0 radical (unpaired) electrons. The number of unbranched alkanes of at least 4 members (excludes halogenated alkanes) is 5. The summed E-state index contributed by atoms with van der Waals surface area (Å²) in [5.74, 6) is -1.34. The lowest BCUT2D eigenvalue weighted by Gasteiger charge is -2.25. The molecule has 0 aromatic rings. The van der Waals surface area contributed by atoms with Gasteiger partial charge < -0.3 is 35.4 Å². The van der Waals surface area contributed by atoms with Crippen LogP contribution >= 0.6 is 0 Å². The topological polar surface area (TPSA) is 165 Å². The van der Waals surface area contributed by atoms with Gasteiger partial charge in [0.25, 0.3) is 0 Å². The first-order chi connectivity index (χ1) is 11.8. The number of ether oxygens (including phenoxy) is 1. The van der Waals surface area contributed by atoms with Gasteiger partial charge in [0.15, 0.2) is 0 Å². The lowest BCUT2D eigenvalue weighted by Crippen LogP contribution is -2.47. The summed E-state index contributed by atoms with van der Waals surface area (Å²) in [5, 5.41) is 54.9. The zero-order valence-electron chi connectivity index (χ0n) is 14.3. The molecule has 9 heteroatoms. The number of esters is 1. The standard InChI is InChI=1S/C16H30O9/c17-9-11(18)15(23)16(24)12(19)10-25-14(22)8-6-4-2-1-3-5-7-13(20)21/h11-12,15-19,23-24H,1-10H2,(H,20,21)/t11-,12+,15-,16-/m1/s1. The van der Waals surface area contributed by atoms with Crippen molar-refractivity contribution in [3.63, 3.8) is 0 Å². The van der Waals surface area contributed by atoms with Crippen LogP contribution in [0.25, 0.3) is 0 Å². The molecular formula is C16H30O9. The minimum atomic E-state index is -1.75. The van der Waals surface area contributed by atoms with Gasteiger partial charge in [0.1, 0.15) is 31.0 Å². The van der Waals surface area contributed by atoms with E-state index in [-0.39, 0.29) is 12.8 Å². The monoisotopic (exact) mass is 366 g/mol. The molecule has 0 aromatic carbocycles. The van der Waals surface area contributed by atoms with Crippen LogP contribution in [0.4, 0.5) is 0 Å². The highest BCUT2D eigenvalue weighted by molar-refractivity contribution is 5.69. The van der Waals surface area contributed by atoms with E-state index in [1.54, 1.807) is 0 Å². The maximum atomic E-state index is 11.5. The normalized spacial score (nSPS) is 16.0. The van der Waals surface area contributed by atoms with E-state index < -0.39 is 49.6 Å². The molecule has 0 aliphatic heterocycles. The summed E-state index contributed by atoms with van der Waals surface area (Å²) >= 11 is 0. The fourth-order valence-corrected chi connectivity index (χ4v) is 2.16. The van der Waals surface area contributed by atoms with Crippen LogP contribution in [0, 0.1) is 0 Å². The van der Waals surface area contributed by atoms with E-state index in [4.69, 9.17) is 20.1 Å². The van der Waals surface area contributed by atoms with E-state index in [1.807, 2.05) is 0 Å². The zero-order chi connectivity index (χ0) is 19.2. The third-order valence-corrected chi connectivity index (χ3v) is 3.76. The van der Waals surface area contributed by atoms with Gasteiger partial charge in [0.05, 0.1) is 6.61 Å². The minimum Gasteiger partial charge on any atom is -0.481 e. The summed E-state index contributed by atoms with van der Waals surface area (Å²) in [6, 6.07) is 0. The lowest BCUT2D eigenvalue weighted by molar-refractivity contribution is -0.156. The highest BCUT2D eigenvalue weighted by Crippen LogP contribution is 2.10. The van der Waals surface area contributed by atoms with Crippen molar-refractivity contribution < 1.29 is 45.0 Å². The molecule has 148 valence electrons. The van der Waals surface area contributed by atoms with Crippen molar-refractivity contribution in [2.45, 2.75) is 75.8 Å². The smallest absolute Gasteiger partial charge is 0.305 e. The quantitative estimate of drug-likeness (QED) is 0.160. The van der Waals surface area contributed by atoms with E-state index >= 15 is 0 Å². The van der Waals surface area contributed by atoms with E-state index in [0.29, 0.717) is 12.8 Å². The maximum Gasteiger partial charge on any atom is 0.305 e. The number of aliphatic carboxylic acids is 1. The Morgan fingerprint density at radius 3 is 1.76 bits per heavy atom. The van der Waals surface area contributed by atoms with Crippen LogP contribution in [0.3, 0.4) is 0 Å². The number of carbonyl (C=O) groups excluding carboxylic acids is 1. The Bertz CT molecular complexity index is 375. The van der Waals surface area contributed by atoms with Crippen LogP contribution in [0.15, 0.2) is 0 Å². The maximum absolute atomic E-state index is 11.5. The van der Waals surface area contributed by atoms with Gasteiger partial charge in [-0.15, -0.1) is 0 Å². The Morgan fingerprint density at radius 2 is 1.24 bits per heavy atom. The largest absolute Gasteiger partial charge is 0.481 e. The first kappa shape index (κ1) is 23.7. The van der Waals surface area contributed by atoms with Crippen molar-refractivity contribution in [2.24, 2.45) is 0 Å². The second kappa shape index (κ2) is 14.0. The molecule has 0 fully saturated rings. The molecule has 0 rings (SSSR count). The number of carboxylic acid groups (broad SMARTS) is 1. The Kier molecular flexibility index (Phi) is 13.3. The number of carboxylic acids is 1. The fourth-order valence-electron chi connectivity index (χ4n) is 2.16. The van der Waals surface area contributed by atoms with Gasteiger partial charge in [-0.2, -0.15) is 0 Å². The summed E-state index contributed by atoms with van der Waals surface area (Å²) in [7, 11) is 0. The summed E-state index contributed by atoms with van der Waals surface area (Å²) in [4.78, 5) is 21.8. The number of carbonyl (C=O) groups is 2. The van der Waals surface area contributed by atoms with E-state index in [2.05, 4.69) is 0 Å². The highest BCUT2D eigenvalue weighted by atomic mass is 16.5. The van der Waals surface area contributed by atoms with Crippen molar-refractivity contribution >= 4 is 11.9 Å². The van der Waals surface area contributed by atoms with E-state index in [0.717, 1.165) is 25.7 Å². The average Bonchev–Trinajstić information content (AvgIpc) is 2.59. The Hall–Kier alpha value is -1.26. The third kappa shape index (κ3) is 11.8. The number of aliphatic hydroxyl groups is 5. The summed E-state index contributed by atoms with van der Waals surface area (Å²) in [5.41, 5.74) is 0. The van der Waals surface area contributed by atoms with Crippen molar-refractivity contribution in [3.05, 3.63) is 0 Å². The SMILES string of the molecule is O=C(O)CCCCCCCCC(=O)OC[C@H](O)[C@@H](O)[C@H](O)[C@H](O)CO. The van der Waals surface area contributed by atoms with Crippen molar-refractivity contribution in [1.82, 2.24) is 0 Å². The van der Waals surface area contributed by atoms with Crippen LogP contribution in [-0.4, -0.2) is 80.2 Å². The van der Waals surface area contributed by atoms with Crippen molar-refractivity contribution in [2.75, 3.05) is 13.2 Å². The molecule has 0 spiro atoms. The molecule has 0 saturated carbocycles. The second-order valence-corrected chi connectivity index (χ2v) is 6.00. The Morgan fingerprint density at radius 1 is 0.760 bits per heavy atom. The molecular weight excluding hydrogens is 336 g/mol. The van der Waals surface area contributed by atoms with Gasteiger partial charge in [0.2, 0.25) is 0 Å². The average molecular weight is 366 g/mol. The molecule has 0 aliphatic carbocycles. The molecule has 6 N–H and O–H groups in total. The molecule has 4 atom stereocenters. The van der Waals surface area contributed by atoms with Gasteiger partial charge >= 0.3 is 11.9 Å². The second-order valence-electron chi connectivity index (χ2n) is 6.00. The molecule has 0 unspecified atom stereocenters. The number of hydrogen-bond acceptors (Lipinski definition) is 8. The van der Waals surface area contributed by atoms with E-state index in [1.165, 1.54) is 0 Å². The fraction of sp³-hybridized carbons (Fsp3) is 0.875. The van der Waals surface area contributed by atoms with Crippen LogP contribution < -0.4 is 0 Å². The first-order valence-electron chi connectivity index (χ1n) is 8.50. The third-order valence-electron chi connectivity index (χ3n) is 3.76. The molecule has 25 heavy (non-hydrogen) atoms. The van der Waals surface area contributed by atoms with Crippen LogP contribution in [0.2, 0.25) is 0 Å². The molecule has 0 heterocycles. The Balaban J connectivity index is 3.71. The zero-order valence-corrected chi connectivity index (χ0v) is 14.3.